The van der Waals surface area contributed by atoms with Crippen LogP contribution >= 0.6 is 0 Å². The number of hydrogen-bond donors (Lipinski definition) is 0. The third-order valence-corrected chi connectivity index (χ3v) is 26.3. The molecule has 0 saturated heterocycles. The van der Waals surface area contributed by atoms with Gasteiger partial charge in [0.15, 0.2) is 0 Å². The molecule has 15 aliphatic rings. The highest BCUT2D eigenvalue weighted by Gasteiger charge is 2.29. The first-order valence-corrected chi connectivity index (χ1v) is 43.8. The fourth-order valence-electron chi connectivity index (χ4n) is 19.5. The van der Waals surface area contributed by atoms with Gasteiger partial charge < -0.3 is 47.4 Å². The number of benzene rings is 10. The fourth-order valence-corrected chi connectivity index (χ4v) is 19.5. The third kappa shape index (κ3) is 19.7. The molecule has 0 unspecified atom stereocenters. The largest absolute Gasteiger partial charge is 0.497 e. The molecule has 15 aliphatic carbocycles. The van der Waals surface area contributed by atoms with Crippen LogP contribution in [0.1, 0.15) is 216 Å². The highest BCUT2D eigenvalue weighted by Crippen LogP contribution is 2.47. The Morgan fingerprint density at radius 3 is 0.496 bits per heavy atom. The molecule has 0 heterocycles. The van der Waals surface area contributed by atoms with Crippen LogP contribution in [-0.4, -0.2) is 68.6 Å². The van der Waals surface area contributed by atoms with Gasteiger partial charge in [0, 0.05) is 32.1 Å². The minimum Gasteiger partial charge on any atom is -0.497 e. The second-order valence-corrected chi connectivity index (χ2v) is 34.2. The lowest BCUT2D eigenvalue weighted by Crippen LogP contribution is -2.17. The molecule has 25 rings (SSSR count). The second-order valence-electron chi connectivity index (χ2n) is 34.2. The van der Waals surface area contributed by atoms with Crippen LogP contribution in [0.2, 0.25) is 0 Å². The molecule has 0 amide bonds. The lowest BCUT2D eigenvalue weighted by Gasteiger charge is -2.26. The maximum atomic E-state index is 7.58. The smallest absolute Gasteiger partial charge is 0.123 e. The highest BCUT2D eigenvalue weighted by molar-refractivity contribution is 5.79. The minimum absolute atomic E-state index is 0.459. The summed E-state index contributed by atoms with van der Waals surface area (Å²) < 4.78 is 67.5. The molecule has 10 aromatic carbocycles. The Morgan fingerprint density at radius 2 is 0.348 bits per heavy atom. The zero-order valence-corrected chi connectivity index (χ0v) is 69.0. The van der Waals surface area contributed by atoms with Gasteiger partial charge in [-0.25, -0.2) is 0 Å². The van der Waals surface area contributed by atoms with Crippen LogP contribution in [0.5, 0.6) is 57.5 Å². The van der Waals surface area contributed by atoms with Gasteiger partial charge in [-0.2, -0.15) is 0 Å². The Hall–Kier alpha value is -9.80. The molecule has 10 bridgehead atoms. The predicted molar refractivity (Wildman–Crippen MR) is 467 cm³/mol. The first kappa shape index (κ1) is 79.1. The number of methoxy groups -OCH3 is 5. The Bertz CT molecular complexity index is 4120. The normalized spacial score (nSPS) is 16.7. The van der Waals surface area contributed by atoms with E-state index in [0.717, 1.165) is 233 Å². The van der Waals surface area contributed by atoms with E-state index in [1.54, 1.807) is 35.5 Å². The van der Waals surface area contributed by atoms with E-state index in [1.807, 2.05) is 0 Å². The van der Waals surface area contributed by atoms with Gasteiger partial charge in [0.2, 0.25) is 0 Å². The van der Waals surface area contributed by atoms with E-state index in [-0.39, 0.29) is 0 Å². The summed E-state index contributed by atoms with van der Waals surface area (Å²) in [5.74, 6) is 10.9. The molecule has 0 aliphatic heterocycles. The fraction of sp³-hybridized carbons (Fsp3) is 0.429. The van der Waals surface area contributed by atoms with Gasteiger partial charge in [-0.05, 0) is 326 Å². The molecule has 10 aromatic rings. The number of ether oxygens (including phenoxy) is 10. The van der Waals surface area contributed by atoms with Crippen molar-refractivity contribution in [2.45, 2.75) is 193 Å². The maximum Gasteiger partial charge on any atom is 0.123 e. The summed E-state index contributed by atoms with van der Waals surface area (Å²) in [5.41, 5.74) is 22.6. The monoisotopic (exact) mass is 1540 g/mol. The highest BCUT2D eigenvalue weighted by atomic mass is 16.5. The first-order chi connectivity index (χ1) is 56.7. The Kier molecular flexibility index (Phi) is 26.3. The quantitative estimate of drug-likeness (QED) is 0.0551. The van der Waals surface area contributed by atoms with Gasteiger partial charge in [0.1, 0.15) is 57.5 Å². The molecule has 5 fully saturated rings. The van der Waals surface area contributed by atoms with Crippen LogP contribution in [0.3, 0.4) is 0 Å². The molecule has 10 nitrogen and oxygen atoms in total. The molecule has 0 atom stereocenters. The summed E-state index contributed by atoms with van der Waals surface area (Å²) in [6.45, 7) is 3.24. The van der Waals surface area contributed by atoms with Crippen molar-refractivity contribution in [1.82, 2.24) is 0 Å². The summed E-state index contributed by atoms with van der Waals surface area (Å²) in [5, 5.41) is 0. The summed E-state index contributed by atoms with van der Waals surface area (Å²) in [4.78, 5) is 0. The molecule has 0 radical (unpaired) electrons. The van der Waals surface area contributed by atoms with Gasteiger partial charge >= 0.3 is 0 Å². The van der Waals surface area contributed by atoms with Gasteiger partial charge in [-0.15, -0.1) is 0 Å². The summed E-state index contributed by atoms with van der Waals surface area (Å²) in [6, 6.07) is 67.9. The van der Waals surface area contributed by atoms with Crippen LogP contribution < -0.4 is 47.4 Å². The molecular formula is C105H120O10. The zero-order valence-electron chi connectivity index (χ0n) is 69.0. The van der Waals surface area contributed by atoms with Crippen LogP contribution in [0, 0.1) is 29.6 Å². The van der Waals surface area contributed by atoms with Crippen LogP contribution in [0.25, 0.3) is 55.6 Å². The average molecular weight is 1540 g/mol. The van der Waals surface area contributed by atoms with E-state index in [2.05, 4.69) is 182 Å². The molecule has 0 spiro atoms. The van der Waals surface area contributed by atoms with E-state index >= 15 is 0 Å². The van der Waals surface area contributed by atoms with Gasteiger partial charge in [0.05, 0.1) is 68.6 Å². The van der Waals surface area contributed by atoms with Crippen molar-refractivity contribution in [3.05, 3.63) is 238 Å². The topological polar surface area (TPSA) is 92.3 Å². The summed E-state index contributed by atoms with van der Waals surface area (Å²) in [7, 11) is 8.78. The van der Waals surface area contributed by atoms with E-state index in [9.17, 15) is 0 Å². The summed E-state index contributed by atoms with van der Waals surface area (Å²) >= 11 is 0. The van der Waals surface area contributed by atoms with E-state index < -0.39 is 0 Å². The lowest BCUT2D eigenvalue weighted by atomic mass is 9.86. The lowest BCUT2D eigenvalue weighted by molar-refractivity contribution is 0.206. The van der Waals surface area contributed by atoms with Crippen LogP contribution in [-0.2, 0) is 32.1 Å². The van der Waals surface area contributed by atoms with Crippen molar-refractivity contribution in [3.8, 4) is 113 Å². The van der Waals surface area contributed by atoms with Crippen LogP contribution in [0.4, 0.5) is 0 Å². The molecule has 0 aromatic heterocycles. The third-order valence-electron chi connectivity index (χ3n) is 26.3. The Balaban J connectivity index is 0.991. The van der Waals surface area contributed by atoms with Crippen LogP contribution in [0.15, 0.2) is 182 Å². The molecule has 0 N–H and O–H groups in total. The van der Waals surface area contributed by atoms with Crippen molar-refractivity contribution in [2.24, 2.45) is 29.6 Å². The average Bonchev–Trinajstić information content (AvgIpc) is 1.53. The van der Waals surface area contributed by atoms with Gasteiger partial charge in [-0.3, -0.25) is 0 Å². The summed E-state index contributed by atoms with van der Waals surface area (Å²) in [6.07, 6.45) is 33.2. The molecular weight excluding hydrogens is 1420 g/mol. The van der Waals surface area contributed by atoms with Crippen molar-refractivity contribution in [2.75, 3.05) is 68.6 Å². The number of rotatable bonds is 25. The van der Waals surface area contributed by atoms with Crippen molar-refractivity contribution < 1.29 is 47.4 Å². The Morgan fingerprint density at radius 1 is 0.191 bits per heavy atom. The van der Waals surface area contributed by atoms with Gasteiger partial charge in [-0.1, -0.05) is 157 Å². The van der Waals surface area contributed by atoms with E-state index in [1.165, 1.54) is 96.3 Å². The van der Waals surface area contributed by atoms with E-state index in [4.69, 9.17) is 47.4 Å². The number of hydrogen-bond acceptors (Lipinski definition) is 10. The SMILES string of the molecule is COc1ccc(-c2cc3c(OCC4CCCCC4)cc2Cc2cc(-c4ccc(OC)cc4)c(cc2OCC2CCCCC2)Cc2cc(-c4ccc(OC)cc4)c(cc2OCC2CCCCC2)Cc2cc(-c4ccc(OC)cc4)c(cc2OCC2CCCCC2)Cc2cc(-c4ccc(OC)cc4)c(cc2OCC2CCCCC2)C3)cc1. The van der Waals surface area contributed by atoms with Crippen molar-refractivity contribution in [3.63, 3.8) is 0 Å². The molecule has 115 heavy (non-hydrogen) atoms. The molecule has 5 saturated carbocycles. The Labute approximate surface area is 684 Å². The minimum atomic E-state index is 0.459. The van der Waals surface area contributed by atoms with Crippen molar-refractivity contribution in [1.29, 1.82) is 0 Å². The molecule has 10 heteroatoms. The second kappa shape index (κ2) is 38.3. The van der Waals surface area contributed by atoms with E-state index in [0.29, 0.717) is 94.7 Å². The maximum absolute atomic E-state index is 7.58. The predicted octanol–water partition coefficient (Wildman–Crippen LogP) is 26.1. The molecule has 600 valence electrons. The first-order valence-electron chi connectivity index (χ1n) is 43.8. The van der Waals surface area contributed by atoms with Crippen molar-refractivity contribution >= 4 is 0 Å². The standard InChI is InChI=1S/C105H120O10/c1-106-91-41-31-76(32-42-91)96-56-86-52-82-62-103(113-68-73-25-15-8-16-26-73)88(58-98(82)78-35-45-93(108-3)46-36-78)54-84-64-105(115-70-75-29-19-10-20-30-75)90(60-100(84)80-39-49-95(110-5)50-40-80)55-85-65-104(114-69-74-27-17-9-18-28-74)89(59-99(85)79-37-47-94(109-4)48-38-79)53-83-63-102(112-67-72-23-13-7-14-24-72)87(57-97(83)77-33-43-92(107-2)44-34-77)51-81(96)61-101(86)111-66-71-21-11-6-12-22-71/h31-50,56-65,71-75H,6-30,51-55,66-70H2,1-5H3. The van der Waals surface area contributed by atoms with Gasteiger partial charge in [0.25, 0.3) is 0 Å². The zero-order chi connectivity index (χ0) is 78.2.